The number of hydrogen-bond donors (Lipinski definition) is 1. The van der Waals surface area contributed by atoms with Crippen LogP contribution in [0, 0.1) is 0 Å². The van der Waals surface area contributed by atoms with Crippen molar-refractivity contribution in [1.82, 2.24) is 4.31 Å². The highest BCUT2D eigenvalue weighted by molar-refractivity contribution is 7.92. The van der Waals surface area contributed by atoms with Gasteiger partial charge in [0.05, 0.1) is 5.60 Å². The van der Waals surface area contributed by atoms with Crippen molar-refractivity contribution < 1.29 is 13.5 Å². The van der Waals surface area contributed by atoms with E-state index in [-0.39, 0.29) is 6.54 Å². The fraction of sp³-hybridized carbons (Fsp3) is 0.429. The first kappa shape index (κ1) is 15.9. The molecule has 0 bridgehead atoms. The Bertz CT molecular complexity index is 515. The predicted octanol–water partition coefficient (Wildman–Crippen LogP) is 2.08. The molecule has 0 amide bonds. The topological polar surface area (TPSA) is 57.6 Å². The number of benzene rings is 1. The minimum absolute atomic E-state index is 0.0744. The van der Waals surface area contributed by atoms with Crippen LogP contribution in [-0.4, -0.2) is 36.5 Å². The molecule has 5 heteroatoms. The van der Waals surface area contributed by atoms with Gasteiger partial charge in [0.25, 0.3) is 0 Å². The van der Waals surface area contributed by atoms with E-state index in [1.165, 1.54) is 9.71 Å². The van der Waals surface area contributed by atoms with Crippen LogP contribution in [0.1, 0.15) is 26.3 Å². The van der Waals surface area contributed by atoms with Gasteiger partial charge >= 0.3 is 0 Å². The Morgan fingerprint density at radius 2 is 1.84 bits per heavy atom. The molecular weight excluding hydrogens is 262 g/mol. The maximum absolute atomic E-state index is 12.1. The molecule has 0 heterocycles. The van der Waals surface area contributed by atoms with Gasteiger partial charge in [0.15, 0.2) is 0 Å². The van der Waals surface area contributed by atoms with Crippen LogP contribution in [0.25, 0.3) is 6.08 Å². The van der Waals surface area contributed by atoms with E-state index in [2.05, 4.69) is 0 Å². The molecule has 0 fully saturated rings. The van der Waals surface area contributed by atoms with E-state index >= 15 is 0 Å². The number of nitrogens with zero attached hydrogens (tertiary/aromatic N) is 1. The fourth-order valence-corrected chi connectivity index (χ4v) is 2.99. The van der Waals surface area contributed by atoms with Crippen molar-refractivity contribution in [1.29, 1.82) is 0 Å². The monoisotopic (exact) mass is 283 g/mol. The second-order valence-electron chi connectivity index (χ2n) is 5.00. The molecule has 1 rings (SSSR count). The lowest BCUT2D eigenvalue weighted by Gasteiger charge is -2.26. The normalized spacial score (nSPS) is 13.3. The SMILES string of the molecule is CCN(CC(C)(C)O)S(=O)(=O)/C=C/c1ccccc1. The van der Waals surface area contributed by atoms with Crippen LogP contribution in [0.2, 0.25) is 0 Å². The summed E-state index contributed by atoms with van der Waals surface area (Å²) in [6.07, 6.45) is 1.56. The van der Waals surface area contributed by atoms with Crippen LogP contribution >= 0.6 is 0 Å². The van der Waals surface area contributed by atoms with Crippen molar-refractivity contribution >= 4 is 16.1 Å². The third kappa shape index (κ3) is 5.55. The van der Waals surface area contributed by atoms with E-state index in [1.807, 2.05) is 30.3 Å². The highest BCUT2D eigenvalue weighted by Gasteiger charge is 2.24. The summed E-state index contributed by atoms with van der Waals surface area (Å²) in [6.45, 7) is 5.33. The number of rotatable bonds is 6. The van der Waals surface area contributed by atoms with Crippen molar-refractivity contribution in [2.24, 2.45) is 0 Å². The van der Waals surface area contributed by atoms with Gasteiger partial charge in [0, 0.05) is 18.5 Å². The van der Waals surface area contributed by atoms with E-state index in [0.717, 1.165) is 5.56 Å². The van der Waals surface area contributed by atoms with Crippen molar-refractivity contribution in [3.05, 3.63) is 41.3 Å². The highest BCUT2D eigenvalue weighted by atomic mass is 32.2. The third-order valence-corrected chi connectivity index (χ3v) is 4.10. The summed E-state index contributed by atoms with van der Waals surface area (Å²) in [7, 11) is -3.51. The first-order valence-corrected chi connectivity index (χ1v) is 7.70. The second kappa shape index (κ2) is 6.32. The van der Waals surface area contributed by atoms with Crippen LogP contribution < -0.4 is 0 Å². The zero-order valence-corrected chi connectivity index (χ0v) is 12.4. The Labute approximate surface area is 115 Å². The molecule has 106 valence electrons. The standard InChI is InChI=1S/C14H21NO3S/c1-4-15(12-14(2,3)16)19(17,18)11-10-13-8-6-5-7-9-13/h5-11,16H,4,12H2,1-3H3/b11-10+. The molecule has 1 N–H and O–H groups in total. The van der Waals surface area contributed by atoms with Crippen molar-refractivity contribution in [2.75, 3.05) is 13.1 Å². The van der Waals surface area contributed by atoms with Crippen LogP contribution in [0.3, 0.4) is 0 Å². The largest absolute Gasteiger partial charge is 0.389 e. The predicted molar refractivity (Wildman–Crippen MR) is 77.9 cm³/mol. The summed E-state index contributed by atoms with van der Waals surface area (Å²) in [5.41, 5.74) is -0.227. The summed E-state index contributed by atoms with van der Waals surface area (Å²) in [5.74, 6) is 0. The van der Waals surface area contributed by atoms with E-state index in [9.17, 15) is 13.5 Å². The highest BCUT2D eigenvalue weighted by Crippen LogP contribution is 2.12. The Morgan fingerprint density at radius 1 is 1.26 bits per heavy atom. The van der Waals surface area contributed by atoms with Gasteiger partial charge in [0.1, 0.15) is 0 Å². The average Bonchev–Trinajstić information content (AvgIpc) is 2.34. The summed E-state index contributed by atoms with van der Waals surface area (Å²) in [4.78, 5) is 0. The quantitative estimate of drug-likeness (QED) is 0.869. The zero-order chi connectivity index (χ0) is 14.5. The van der Waals surface area contributed by atoms with Gasteiger partial charge in [0.2, 0.25) is 10.0 Å². The van der Waals surface area contributed by atoms with Crippen LogP contribution in [0.4, 0.5) is 0 Å². The molecule has 0 unspecified atom stereocenters. The van der Waals surface area contributed by atoms with Crippen molar-refractivity contribution in [3.8, 4) is 0 Å². The molecule has 1 aromatic carbocycles. The Morgan fingerprint density at radius 3 is 2.32 bits per heavy atom. The Kier molecular flexibility index (Phi) is 5.29. The second-order valence-corrected chi connectivity index (χ2v) is 6.82. The van der Waals surface area contributed by atoms with Gasteiger partial charge in [-0.1, -0.05) is 37.3 Å². The molecule has 0 aliphatic carbocycles. The molecular formula is C14H21NO3S. The third-order valence-electron chi connectivity index (χ3n) is 2.51. The minimum atomic E-state index is -3.51. The lowest BCUT2D eigenvalue weighted by Crippen LogP contribution is -2.41. The number of aliphatic hydroxyl groups is 1. The summed E-state index contributed by atoms with van der Waals surface area (Å²) in [6, 6.07) is 9.23. The lowest BCUT2D eigenvalue weighted by molar-refractivity contribution is 0.0604. The first-order chi connectivity index (χ1) is 8.74. The molecule has 0 saturated heterocycles. The maximum atomic E-state index is 12.1. The van der Waals surface area contributed by atoms with E-state index in [1.54, 1.807) is 26.8 Å². The molecule has 1 aromatic rings. The van der Waals surface area contributed by atoms with Gasteiger partial charge in [-0.15, -0.1) is 0 Å². The molecule has 0 aliphatic heterocycles. The molecule has 4 nitrogen and oxygen atoms in total. The number of hydrogen-bond acceptors (Lipinski definition) is 3. The molecule has 0 aliphatic rings. The minimum Gasteiger partial charge on any atom is -0.389 e. The first-order valence-electron chi connectivity index (χ1n) is 6.20. The fourth-order valence-electron chi connectivity index (χ4n) is 1.63. The van der Waals surface area contributed by atoms with E-state index in [4.69, 9.17) is 0 Å². The molecule has 19 heavy (non-hydrogen) atoms. The van der Waals surface area contributed by atoms with Crippen LogP contribution in [0.5, 0.6) is 0 Å². The van der Waals surface area contributed by atoms with Crippen molar-refractivity contribution in [3.63, 3.8) is 0 Å². The molecule has 0 spiro atoms. The van der Waals surface area contributed by atoms with Crippen LogP contribution in [-0.2, 0) is 10.0 Å². The van der Waals surface area contributed by atoms with E-state index < -0.39 is 15.6 Å². The molecule has 0 atom stereocenters. The average molecular weight is 283 g/mol. The molecule has 0 aromatic heterocycles. The summed E-state index contributed by atoms with van der Waals surface area (Å²) < 4.78 is 25.5. The van der Waals surface area contributed by atoms with Gasteiger partial charge in [-0.3, -0.25) is 0 Å². The van der Waals surface area contributed by atoms with Gasteiger partial charge in [-0.2, -0.15) is 4.31 Å². The summed E-state index contributed by atoms with van der Waals surface area (Å²) >= 11 is 0. The van der Waals surface area contributed by atoms with Gasteiger partial charge in [-0.05, 0) is 25.5 Å². The van der Waals surface area contributed by atoms with Crippen LogP contribution in [0.15, 0.2) is 35.7 Å². The zero-order valence-electron chi connectivity index (χ0n) is 11.6. The maximum Gasteiger partial charge on any atom is 0.236 e. The lowest BCUT2D eigenvalue weighted by atomic mass is 10.1. The smallest absolute Gasteiger partial charge is 0.236 e. The molecule has 0 radical (unpaired) electrons. The van der Waals surface area contributed by atoms with E-state index in [0.29, 0.717) is 6.54 Å². The van der Waals surface area contributed by atoms with Gasteiger partial charge in [-0.25, -0.2) is 8.42 Å². The number of likely N-dealkylation sites (N-methyl/N-ethyl adjacent to an activating group) is 1. The van der Waals surface area contributed by atoms with Crippen molar-refractivity contribution in [2.45, 2.75) is 26.4 Å². The van der Waals surface area contributed by atoms with Gasteiger partial charge < -0.3 is 5.11 Å². The Hall–Kier alpha value is -1.17. The molecule has 0 saturated carbocycles. The summed E-state index contributed by atoms with van der Waals surface area (Å²) in [5, 5.41) is 10.9. The number of sulfonamides is 1. The Balaban J connectivity index is 2.88.